The van der Waals surface area contributed by atoms with E-state index >= 15 is 0 Å². The van der Waals surface area contributed by atoms with Crippen molar-refractivity contribution in [2.75, 3.05) is 13.7 Å². The van der Waals surface area contributed by atoms with Gasteiger partial charge >= 0.3 is 0 Å². The highest BCUT2D eigenvalue weighted by Gasteiger charge is 2.12. The van der Waals surface area contributed by atoms with Crippen molar-refractivity contribution in [1.82, 2.24) is 5.43 Å². The summed E-state index contributed by atoms with van der Waals surface area (Å²) in [6.07, 6.45) is 1.17. The summed E-state index contributed by atoms with van der Waals surface area (Å²) in [5.41, 5.74) is 3.87. The predicted molar refractivity (Wildman–Crippen MR) is 96.2 cm³/mol. The normalized spacial score (nSPS) is 10.6. The van der Waals surface area contributed by atoms with Crippen LogP contribution in [-0.2, 0) is 4.79 Å². The molecule has 2 rings (SSSR count). The lowest BCUT2D eigenvalue weighted by molar-refractivity contribution is -0.398. The lowest BCUT2D eigenvalue weighted by Crippen LogP contribution is -2.24. The maximum Gasteiger partial charge on any atom is 0.277 e. The van der Waals surface area contributed by atoms with Gasteiger partial charge < -0.3 is 14.6 Å². The first-order valence-electron chi connectivity index (χ1n) is 7.86. The number of methoxy groups -OCH3 is 1. The van der Waals surface area contributed by atoms with Crippen LogP contribution in [0.1, 0.15) is 16.7 Å². The van der Waals surface area contributed by atoms with Gasteiger partial charge in [-0.3, -0.25) is 14.9 Å². The molecular formula is C18H18N3O6-. The molecule has 0 saturated heterocycles. The number of benzene rings is 2. The van der Waals surface area contributed by atoms with Crippen LogP contribution in [0.25, 0.3) is 0 Å². The molecule has 9 nitrogen and oxygen atoms in total. The average Bonchev–Trinajstić information content (AvgIpc) is 2.60. The van der Waals surface area contributed by atoms with Crippen molar-refractivity contribution in [2.45, 2.75) is 13.8 Å². The zero-order chi connectivity index (χ0) is 20.0. The second-order valence-electron chi connectivity index (χ2n) is 5.73. The van der Waals surface area contributed by atoms with Crippen LogP contribution in [0.4, 0.5) is 5.69 Å². The standard InChI is InChI=1S/C18H19N3O6/c1-11-4-12(2)6-14(5-11)27-10-17(22)20-19-9-13-7-15(21(24)25)18(23)16(8-13)26-3/h4-9,23H,10H2,1-3H3,(H,20,22)/p-1/b19-9-. The van der Waals surface area contributed by atoms with Crippen LogP contribution in [0, 0.1) is 24.0 Å². The van der Waals surface area contributed by atoms with Crippen molar-refractivity contribution in [2.24, 2.45) is 5.10 Å². The van der Waals surface area contributed by atoms with Gasteiger partial charge in [-0.25, -0.2) is 5.43 Å². The van der Waals surface area contributed by atoms with Gasteiger partial charge in [0.05, 0.1) is 18.2 Å². The summed E-state index contributed by atoms with van der Waals surface area (Å²) in [6, 6.07) is 7.93. The number of hydrogen-bond donors (Lipinski definition) is 1. The predicted octanol–water partition coefficient (Wildman–Crippen LogP) is 1.82. The summed E-state index contributed by atoms with van der Waals surface area (Å²) in [5.74, 6) is -0.953. The molecule has 0 spiro atoms. The number of hydrogen-bond acceptors (Lipinski definition) is 7. The fourth-order valence-corrected chi connectivity index (χ4v) is 2.35. The van der Waals surface area contributed by atoms with Gasteiger partial charge in [0.15, 0.2) is 6.61 Å². The number of carbonyl (C=O) groups is 1. The van der Waals surface area contributed by atoms with Gasteiger partial charge in [0.25, 0.3) is 11.6 Å². The molecule has 0 aliphatic heterocycles. The number of carbonyl (C=O) groups excluding carboxylic acids is 1. The molecule has 2 aromatic carbocycles. The highest BCUT2D eigenvalue weighted by Crippen LogP contribution is 2.33. The number of amides is 1. The van der Waals surface area contributed by atoms with Crippen molar-refractivity contribution in [3.8, 4) is 17.2 Å². The molecule has 9 heteroatoms. The summed E-state index contributed by atoms with van der Waals surface area (Å²) in [5, 5.41) is 26.4. The molecule has 0 aromatic heterocycles. The third-order valence-corrected chi connectivity index (χ3v) is 3.44. The van der Waals surface area contributed by atoms with Crippen LogP contribution < -0.4 is 20.0 Å². The number of nitrogens with one attached hydrogen (secondary N) is 1. The van der Waals surface area contributed by atoms with E-state index in [9.17, 15) is 20.0 Å². The molecule has 142 valence electrons. The monoisotopic (exact) mass is 372 g/mol. The molecule has 0 radical (unpaired) electrons. The van der Waals surface area contributed by atoms with Crippen molar-refractivity contribution in [3.63, 3.8) is 0 Å². The molecule has 0 aliphatic rings. The maximum atomic E-state index is 11.8. The zero-order valence-corrected chi connectivity index (χ0v) is 15.0. The lowest BCUT2D eigenvalue weighted by atomic mass is 10.1. The molecule has 0 aliphatic carbocycles. The van der Waals surface area contributed by atoms with Crippen LogP contribution in [0.15, 0.2) is 35.4 Å². The first-order chi connectivity index (χ1) is 12.8. The quantitative estimate of drug-likeness (QED) is 0.449. The molecule has 1 amide bonds. The van der Waals surface area contributed by atoms with E-state index in [1.54, 1.807) is 12.1 Å². The van der Waals surface area contributed by atoms with E-state index in [-0.39, 0.29) is 17.9 Å². The van der Waals surface area contributed by atoms with Crippen LogP contribution in [0.2, 0.25) is 0 Å². The van der Waals surface area contributed by atoms with E-state index < -0.39 is 22.3 Å². The Balaban J connectivity index is 1.99. The summed E-state index contributed by atoms with van der Waals surface area (Å²) >= 11 is 0. The third kappa shape index (κ3) is 5.43. The van der Waals surface area contributed by atoms with Crippen LogP contribution in [0.3, 0.4) is 0 Å². The Morgan fingerprint density at radius 3 is 2.48 bits per heavy atom. The Labute approximate surface area is 155 Å². The van der Waals surface area contributed by atoms with E-state index in [1.165, 1.54) is 19.4 Å². The molecule has 2 aromatic rings. The molecule has 0 fully saturated rings. The van der Waals surface area contributed by atoms with E-state index in [0.29, 0.717) is 5.75 Å². The van der Waals surface area contributed by atoms with E-state index in [2.05, 4.69) is 10.5 Å². The van der Waals surface area contributed by atoms with Crippen molar-refractivity contribution in [3.05, 3.63) is 57.1 Å². The smallest absolute Gasteiger partial charge is 0.277 e. The van der Waals surface area contributed by atoms with Gasteiger partial charge in [-0.1, -0.05) is 6.07 Å². The molecule has 0 bridgehead atoms. The van der Waals surface area contributed by atoms with Gasteiger partial charge in [0, 0.05) is 17.4 Å². The van der Waals surface area contributed by atoms with E-state index in [4.69, 9.17) is 9.47 Å². The number of aryl methyl sites for hydroxylation is 2. The molecule has 27 heavy (non-hydrogen) atoms. The van der Waals surface area contributed by atoms with Gasteiger partial charge in [-0.05, 0) is 43.2 Å². The van der Waals surface area contributed by atoms with Crippen molar-refractivity contribution < 1.29 is 24.3 Å². The number of hydrazone groups is 1. The van der Waals surface area contributed by atoms with E-state index in [0.717, 1.165) is 17.2 Å². The first-order valence-corrected chi connectivity index (χ1v) is 7.86. The van der Waals surface area contributed by atoms with Crippen LogP contribution in [0.5, 0.6) is 17.2 Å². The minimum atomic E-state index is -0.828. The average molecular weight is 372 g/mol. The zero-order valence-electron chi connectivity index (χ0n) is 15.0. The van der Waals surface area contributed by atoms with Gasteiger partial charge in [-0.2, -0.15) is 5.10 Å². The number of ether oxygens (including phenoxy) is 2. The Kier molecular flexibility index (Phi) is 6.32. The number of nitrogens with zero attached hydrogens (tertiary/aromatic N) is 2. The summed E-state index contributed by atoms with van der Waals surface area (Å²) in [4.78, 5) is 21.9. The third-order valence-electron chi connectivity index (χ3n) is 3.44. The molecule has 0 saturated carbocycles. The second kappa shape index (κ2) is 8.65. The van der Waals surface area contributed by atoms with Crippen LogP contribution in [-0.4, -0.2) is 30.8 Å². The van der Waals surface area contributed by atoms with Crippen molar-refractivity contribution in [1.29, 1.82) is 0 Å². The highest BCUT2D eigenvalue weighted by molar-refractivity contribution is 5.85. The Morgan fingerprint density at radius 1 is 1.22 bits per heavy atom. The second-order valence-corrected chi connectivity index (χ2v) is 5.73. The van der Waals surface area contributed by atoms with Crippen molar-refractivity contribution >= 4 is 17.8 Å². The molecule has 0 heterocycles. The highest BCUT2D eigenvalue weighted by atomic mass is 16.6. The minimum absolute atomic E-state index is 0.185. The fraction of sp³-hybridized carbons (Fsp3) is 0.222. The molecule has 1 N–H and O–H groups in total. The van der Waals surface area contributed by atoms with Crippen LogP contribution >= 0.6 is 0 Å². The minimum Gasteiger partial charge on any atom is -0.865 e. The molecule has 0 unspecified atom stereocenters. The van der Waals surface area contributed by atoms with Gasteiger partial charge in [0.2, 0.25) is 0 Å². The first kappa shape index (κ1) is 19.7. The topological polar surface area (TPSA) is 126 Å². The van der Waals surface area contributed by atoms with E-state index in [1.807, 2.05) is 19.9 Å². The Bertz CT molecular complexity index is 875. The van der Waals surface area contributed by atoms with Gasteiger partial charge in [0.1, 0.15) is 11.5 Å². The fourth-order valence-electron chi connectivity index (χ4n) is 2.35. The summed E-state index contributed by atoms with van der Waals surface area (Å²) in [6.45, 7) is 3.60. The number of rotatable bonds is 7. The summed E-state index contributed by atoms with van der Waals surface area (Å²) in [7, 11) is 1.23. The molecule has 0 atom stereocenters. The Morgan fingerprint density at radius 2 is 1.89 bits per heavy atom. The lowest BCUT2D eigenvalue weighted by Gasteiger charge is -2.12. The number of nitro benzene ring substituents is 1. The SMILES string of the molecule is COc1cc(/C=N\NC(=O)COc2cc(C)cc(C)c2)cc([N+](=O)[O-])c1[O-]. The molecular weight excluding hydrogens is 354 g/mol. The summed E-state index contributed by atoms with van der Waals surface area (Å²) < 4.78 is 10.2. The maximum absolute atomic E-state index is 11.8. The Hall–Kier alpha value is -3.62. The number of nitro groups is 1. The van der Waals surface area contributed by atoms with Gasteiger partial charge in [-0.15, -0.1) is 0 Å². The largest absolute Gasteiger partial charge is 0.865 e.